The third kappa shape index (κ3) is 10.2. The van der Waals surface area contributed by atoms with Gasteiger partial charge in [-0.15, -0.1) is 0 Å². The summed E-state index contributed by atoms with van der Waals surface area (Å²) in [6, 6.07) is 18.1. The van der Waals surface area contributed by atoms with E-state index < -0.39 is 12.1 Å². The Morgan fingerprint density at radius 3 is 2.20 bits per heavy atom. The number of fused-ring (bicyclic) bond motifs is 3. The summed E-state index contributed by atoms with van der Waals surface area (Å²) in [5, 5.41) is 4.83. The minimum Gasteiger partial charge on any atom is -0.453 e. The topological polar surface area (TPSA) is 146 Å². The van der Waals surface area contributed by atoms with E-state index >= 15 is 0 Å². The van der Waals surface area contributed by atoms with E-state index in [2.05, 4.69) is 88.6 Å². The number of amides is 3. The van der Waals surface area contributed by atoms with Crippen LogP contribution in [0, 0.1) is 23.2 Å². The van der Waals surface area contributed by atoms with E-state index in [4.69, 9.17) is 19.4 Å². The summed E-state index contributed by atoms with van der Waals surface area (Å²) in [5.41, 5.74) is 5.94. The number of nitrogens with one attached hydrogen (secondary N) is 3. The van der Waals surface area contributed by atoms with Crippen molar-refractivity contribution in [2.45, 2.75) is 78.4 Å². The van der Waals surface area contributed by atoms with Gasteiger partial charge in [0.2, 0.25) is 11.8 Å². The highest BCUT2D eigenvalue weighted by molar-refractivity contribution is 7.60. The van der Waals surface area contributed by atoms with Crippen LogP contribution in [0.5, 0.6) is 0 Å². The Morgan fingerprint density at radius 1 is 0.836 bits per heavy atom. The zero-order valence-electron chi connectivity index (χ0n) is 35.7. The van der Waals surface area contributed by atoms with Crippen LogP contribution in [-0.2, 0) is 19.1 Å². The Labute approximate surface area is 393 Å². The molecule has 17 heteroatoms. The zero-order valence-corrected chi connectivity index (χ0v) is 40.7. The molecule has 0 bridgehead atoms. The molecule has 2 aromatic heterocycles. The number of likely N-dealkylation sites (tertiary alicyclic amines) is 2. The highest BCUT2D eigenvalue weighted by Crippen LogP contribution is 2.48. The van der Waals surface area contributed by atoms with Crippen molar-refractivity contribution in [3.05, 3.63) is 72.4 Å². The van der Waals surface area contributed by atoms with E-state index in [0.717, 1.165) is 88.1 Å². The van der Waals surface area contributed by atoms with E-state index in [9.17, 15) is 14.4 Å². The van der Waals surface area contributed by atoms with Gasteiger partial charge in [-0.25, -0.2) is 14.8 Å². The molecule has 3 aliphatic heterocycles. The molecule has 5 heterocycles. The van der Waals surface area contributed by atoms with E-state index in [-0.39, 0.29) is 115 Å². The van der Waals surface area contributed by atoms with Gasteiger partial charge in [-0.3, -0.25) is 9.59 Å². The number of benzene rings is 3. The van der Waals surface area contributed by atoms with Crippen molar-refractivity contribution < 1.29 is 23.9 Å². The van der Waals surface area contributed by atoms with Crippen molar-refractivity contribution in [3.8, 4) is 22.4 Å². The number of nitrogens with zero attached hydrogens (tertiary/aromatic N) is 4. The summed E-state index contributed by atoms with van der Waals surface area (Å²) < 4.78 is 10.6. The minimum atomic E-state index is -0.684. The van der Waals surface area contributed by atoms with Crippen LogP contribution in [0.25, 0.3) is 44.2 Å². The number of rotatable bonds is 9. The van der Waals surface area contributed by atoms with Crippen molar-refractivity contribution in [1.82, 2.24) is 35.1 Å². The molecule has 3 amide bonds. The molecule has 3 saturated heterocycles. The molecule has 1 spiro atoms. The number of ether oxygens (including phenoxy) is 2. The fourth-order valence-corrected chi connectivity index (χ4v) is 8.86. The van der Waals surface area contributed by atoms with Gasteiger partial charge in [-0.2, -0.15) is 67.5 Å². The first-order valence-electron chi connectivity index (χ1n) is 20.1. The number of carbonyl (C=O) groups is 3. The van der Waals surface area contributed by atoms with E-state index in [1.54, 1.807) is 0 Å². The number of aromatic amines is 2. The first kappa shape index (κ1) is 51.9. The predicted octanol–water partition coefficient (Wildman–Crippen LogP) is 8.35. The number of imidazole rings is 2. The molecule has 3 N–H and O–H groups in total. The summed E-state index contributed by atoms with van der Waals surface area (Å²) in [4.78, 5) is 60.3. The second-order valence-electron chi connectivity index (χ2n) is 16.8. The third-order valence-electron chi connectivity index (χ3n) is 12.5. The van der Waals surface area contributed by atoms with Crippen LogP contribution in [0.15, 0.2) is 60.8 Å². The number of H-pyrrole nitrogens is 2. The maximum Gasteiger partial charge on any atom is 0.407 e. The van der Waals surface area contributed by atoms with Gasteiger partial charge in [0.15, 0.2) is 0 Å². The average Bonchev–Trinajstić information content (AvgIpc) is 4.06. The maximum absolute atomic E-state index is 13.7. The smallest absolute Gasteiger partial charge is 0.407 e. The summed E-state index contributed by atoms with van der Waals surface area (Å²) in [5.74, 6) is 1.76. The molecule has 5 aromatic rings. The van der Waals surface area contributed by atoms with Gasteiger partial charge in [-0.1, -0.05) is 77.1 Å². The van der Waals surface area contributed by atoms with Crippen molar-refractivity contribution in [1.29, 1.82) is 0 Å². The maximum atomic E-state index is 13.7. The highest BCUT2D eigenvalue weighted by atomic mass is 32.1. The van der Waals surface area contributed by atoms with Crippen LogP contribution in [0.4, 0.5) is 4.79 Å². The van der Waals surface area contributed by atoms with Crippen LogP contribution in [0.3, 0.4) is 0 Å². The van der Waals surface area contributed by atoms with Gasteiger partial charge >= 0.3 is 6.09 Å². The SMILES string of the molecule is COC(=O)N[C@H](C(=O)N1CCC[C@H]1c1nc2c(ccc3cc(-c4ccc(-c5cnc([C@@H]6C[C@]7(CCOC7)CN6C(=O)[C@@H](C)C(C)C)[nH]5)cc4)ccc32)[nH]1)C(C)C.S.S.S.S.S. The fraction of sp³-hybridized carbons (Fsp3) is 0.477. The monoisotopic (exact) mass is 929 g/mol. The summed E-state index contributed by atoms with van der Waals surface area (Å²) >= 11 is 0. The number of methoxy groups -OCH3 is 1. The molecule has 3 aliphatic rings. The van der Waals surface area contributed by atoms with Crippen LogP contribution in [0.1, 0.15) is 84.0 Å². The zero-order chi connectivity index (χ0) is 39.3. The lowest BCUT2D eigenvalue weighted by atomic mass is 9.85. The second kappa shape index (κ2) is 21.3. The summed E-state index contributed by atoms with van der Waals surface area (Å²) in [7, 11) is 1.30. The normalized spacial score (nSPS) is 20.4. The van der Waals surface area contributed by atoms with E-state index in [1.165, 1.54) is 7.11 Å². The van der Waals surface area contributed by atoms with Crippen LogP contribution in [0.2, 0.25) is 0 Å². The van der Waals surface area contributed by atoms with Gasteiger partial charge in [-0.05, 0) is 71.7 Å². The first-order valence-corrected chi connectivity index (χ1v) is 20.1. The molecule has 61 heavy (non-hydrogen) atoms. The molecule has 334 valence electrons. The molecular weight excluding hydrogens is 867 g/mol. The number of hydrogen-bond acceptors (Lipinski definition) is 7. The molecule has 3 aromatic carbocycles. The van der Waals surface area contributed by atoms with Crippen LogP contribution in [-0.4, -0.2) is 87.1 Å². The van der Waals surface area contributed by atoms with E-state index in [1.807, 2.05) is 31.9 Å². The molecular formula is C44H63N7O5S5. The van der Waals surface area contributed by atoms with E-state index in [0.29, 0.717) is 19.7 Å². The molecule has 0 saturated carbocycles. The Balaban J connectivity index is 0.00000198. The minimum absolute atomic E-state index is 0. The summed E-state index contributed by atoms with van der Waals surface area (Å²) in [6.07, 6.45) is 4.75. The Kier molecular flexibility index (Phi) is 18.1. The first-order chi connectivity index (χ1) is 26.9. The lowest BCUT2D eigenvalue weighted by Crippen LogP contribution is -2.51. The summed E-state index contributed by atoms with van der Waals surface area (Å²) in [6.45, 7) is 12.8. The fourth-order valence-electron chi connectivity index (χ4n) is 8.86. The van der Waals surface area contributed by atoms with Crippen molar-refractivity contribution >= 4 is 107 Å². The average molecular weight is 930 g/mol. The standard InChI is InChI=1S/C44H53N7O5.5H2S/c1-25(2)27(5)41(52)51-23-44(17-19-56-24-44)21-36(51)39-45-22-34(47-39)29-11-9-28(10-12-29)30-13-15-32-31(20-30)14-16-33-38(32)48-40(46-33)35-8-7-18-50(35)42(53)37(26(3)4)49-43(54)55-6;;;;;/h9-16,20,22,25-27,35-37H,7-8,17-19,21,23-24H2,1-6H3,(H,45,47)(H,46,48)(H,49,54);5*1H2/t27-,35-,36-,37-,44+;;;;;/m0...../s1. The molecule has 0 aliphatic carbocycles. The predicted molar refractivity (Wildman–Crippen MR) is 267 cm³/mol. The van der Waals surface area contributed by atoms with Gasteiger partial charge in [0.25, 0.3) is 0 Å². The molecule has 8 rings (SSSR count). The molecule has 12 nitrogen and oxygen atoms in total. The number of carbonyl (C=O) groups excluding carboxylic acids is 3. The third-order valence-corrected chi connectivity index (χ3v) is 12.5. The molecule has 3 fully saturated rings. The second-order valence-corrected chi connectivity index (χ2v) is 16.8. The van der Waals surface area contributed by atoms with Crippen molar-refractivity contribution in [2.75, 3.05) is 33.4 Å². The molecule has 0 radical (unpaired) electrons. The Morgan fingerprint density at radius 2 is 1.54 bits per heavy atom. The number of hydrogen-bond donors (Lipinski definition) is 3. The number of aromatic nitrogens is 4. The number of alkyl carbamates (subject to hydrolysis) is 1. The van der Waals surface area contributed by atoms with Crippen molar-refractivity contribution in [3.63, 3.8) is 0 Å². The van der Waals surface area contributed by atoms with Crippen LogP contribution >= 0.6 is 67.5 Å². The van der Waals surface area contributed by atoms with Gasteiger partial charge in [0.1, 0.15) is 17.7 Å². The van der Waals surface area contributed by atoms with Gasteiger partial charge in [0, 0.05) is 36.4 Å². The van der Waals surface area contributed by atoms with Gasteiger partial charge in [0.05, 0.1) is 48.7 Å². The molecule has 0 unspecified atom stereocenters. The highest BCUT2D eigenvalue weighted by Gasteiger charge is 2.50. The lowest BCUT2D eigenvalue weighted by Gasteiger charge is -2.29. The van der Waals surface area contributed by atoms with Crippen molar-refractivity contribution in [2.24, 2.45) is 23.2 Å². The quantitative estimate of drug-likeness (QED) is 0.135. The lowest BCUT2D eigenvalue weighted by molar-refractivity contribution is -0.138. The molecule has 5 atom stereocenters. The van der Waals surface area contributed by atoms with Crippen LogP contribution < -0.4 is 5.32 Å². The Bertz CT molecular complexity index is 2280. The largest absolute Gasteiger partial charge is 0.453 e. The Hall–Kier alpha value is -3.48. The van der Waals surface area contributed by atoms with Gasteiger partial charge < -0.3 is 34.6 Å².